The number of carbonyl (C=O) groups excluding carboxylic acids is 2. The van der Waals surface area contributed by atoms with Gasteiger partial charge in [-0.25, -0.2) is 13.9 Å². The van der Waals surface area contributed by atoms with Gasteiger partial charge >= 0.3 is 33.3 Å². The summed E-state index contributed by atoms with van der Waals surface area (Å²) in [6.07, 6.45) is 36.2. The molecule has 21 heteroatoms. The fourth-order valence-electron chi connectivity index (χ4n) is 6.65. The van der Waals surface area contributed by atoms with E-state index in [1.54, 1.807) is 0 Å². The maximum atomic E-state index is 12.8. The molecule has 1 saturated heterocycles. The van der Waals surface area contributed by atoms with Gasteiger partial charge in [-0.1, -0.05) is 118 Å². The number of phosphoric acid groups is 2. The minimum atomic E-state index is -5.45. The topological polar surface area (TPSA) is 286 Å². The predicted molar refractivity (Wildman–Crippen MR) is 271 cm³/mol. The Hall–Kier alpha value is -4.10. The molecule has 0 aliphatic carbocycles. The van der Waals surface area contributed by atoms with Gasteiger partial charge in [0.1, 0.15) is 30.7 Å². The smallest absolute Gasteiger partial charge is 0.462 e. The lowest BCUT2D eigenvalue weighted by molar-refractivity contribution is -0.161. The number of unbranched alkanes of at least 4 members (excludes halogenated alkanes) is 6. The zero-order valence-electron chi connectivity index (χ0n) is 41.4. The molecular weight excluding hydrogens is 961 g/mol. The van der Waals surface area contributed by atoms with Crippen molar-refractivity contribution in [1.82, 2.24) is 9.55 Å². The van der Waals surface area contributed by atoms with Crippen LogP contribution in [0.1, 0.15) is 142 Å². The van der Waals surface area contributed by atoms with Crippen LogP contribution in [0, 0.1) is 0 Å². The summed E-state index contributed by atoms with van der Waals surface area (Å²) in [7, 11) is -10.9. The highest BCUT2D eigenvalue weighted by atomic mass is 31.3. The summed E-state index contributed by atoms with van der Waals surface area (Å²) >= 11 is 0. The first-order valence-electron chi connectivity index (χ1n) is 24.7. The lowest BCUT2D eigenvalue weighted by Gasteiger charge is -2.21. The predicted octanol–water partition coefficient (Wildman–Crippen LogP) is 8.86. The largest absolute Gasteiger partial charge is 0.481 e. The van der Waals surface area contributed by atoms with Crippen LogP contribution in [-0.4, -0.2) is 96.9 Å². The number of hydrogen-bond acceptors (Lipinski definition) is 16. The number of carbonyl (C=O) groups is 2. The maximum absolute atomic E-state index is 12.8. The normalized spacial score (nSPS) is 20.3. The summed E-state index contributed by atoms with van der Waals surface area (Å²) in [5.74, 6) is -1.42. The van der Waals surface area contributed by atoms with Crippen LogP contribution in [0.15, 0.2) is 102 Å². The Labute approximate surface area is 419 Å². The van der Waals surface area contributed by atoms with E-state index in [0.717, 1.165) is 94.2 Å². The summed E-state index contributed by atoms with van der Waals surface area (Å²) in [6.45, 7) is 1.67. The third-order valence-electron chi connectivity index (χ3n) is 10.6. The number of esters is 2. The Bertz CT molecular complexity index is 2040. The molecule has 2 unspecified atom stereocenters. The van der Waals surface area contributed by atoms with Crippen molar-refractivity contribution in [3.63, 3.8) is 0 Å². The van der Waals surface area contributed by atoms with Gasteiger partial charge < -0.3 is 45.1 Å². The summed E-state index contributed by atoms with van der Waals surface area (Å²) in [5.41, 5.74) is 4.57. The molecule has 2 heterocycles. The SMILES string of the molecule is CC/C=C\C/C=C\C/C=C\CCCCCCCC(=O)OC[C@H](COP(=O)(O)OP(=O)(O)OC[C@H]1O[C@@H](n2ccc(N)nc2=O)[C@H](O)[C@@H]1O)OC(=O)CCC/C=C\C/C=C\C/C=C\C/C=C\CC[C@H](O)CC. The van der Waals surface area contributed by atoms with Crippen LogP contribution in [0.25, 0.3) is 0 Å². The fourth-order valence-corrected chi connectivity index (χ4v) is 8.76. The van der Waals surface area contributed by atoms with E-state index < -0.39 is 83.7 Å². The van der Waals surface area contributed by atoms with Gasteiger partial charge in [0.15, 0.2) is 12.3 Å². The Morgan fingerprint density at radius 3 is 1.87 bits per heavy atom. The quantitative estimate of drug-likeness (QED) is 0.0155. The summed E-state index contributed by atoms with van der Waals surface area (Å²) < 4.78 is 56.6. The van der Waals surface area contributed by atoms with E-state index in [0.29, 0.717) is 25.7 Å². The lowest BCUT2D eigenvalue weighted by Crippen LogP contribution is -2.36. The first-order chi connectivity index (χ1) is 34.1. The Kier molecular flexibility index (Phi) is 33.4. The number of aliphatic hydroxyl groups excluding tert-OH is 3. The van der Waals surface area contributed by atoms with Crippen LogP contribution in [-0.2, 0) is 46.3 Å². The van der Waals surface area contributed by atoms with Crippen LogP contribution in [0.5, 0.6) is 0 Å². The number of phosphoric ester groups is 2. The lowest BCUT2D eigenvalue weighted by atomic mass is 10.1. The van der Waals surface area contributed by atoms with Crippen LogP contribution in [0.2, 0.25) is 0 Å². The van der Waals surface area contributed by atoms with Gasteiger partial charge in [0.25, 0.3) is 0 Å². The Morgan fingerprint density at radius 2 is 1.27 bits per heavy atom. The van der Waals surface area contributed by atoms with Crippen molar-refractivity contribution in [3.8, 4) is 0 Å². The summed E-state index contributed by atoms with van der Waals surface area (Å²) in [6, 6.07) is 1.24. The second kappa shape index (κ2) is 37.6. The number of allylic oxidation sites excluding steroid dienone is 14. The van der Waals surface area contributed by atoms with Crippen molar-refractivity contribution in [2.45, 2.75) is 173 Å². The Balaban J connectivity index is 1.85. The molecule has 1 aliphatic heterocycles. The molecule has 0 spiro atoms. The zero-order valence-corrected chi connectivity index (χ0v) is 43.1. The second-order valence-electron chi connectivity index (χ2n) is 16.7. The van der Waals surface area contributed by atoms with Crippen LogP contribution >= 0.6 is 15.6 Å². The van der Waals surface area contributed by atoms with Gasteiger partial charge in [-0.15, -0.1) is 0 Å². The van der Waals surface area contributed by atoms with Crippen molar-refractivity contribution in [1.29, 1.82) is 0 Å². The third kappa shape index (κ3) is 30.5. The number of aromatic nitrogens is 2. The highest BCUT2D eigenvalue weighted by molar-refractivity contribution is 7.61. The van der Waals surface area contributed by atoms with E-state index in [1.807, 2.05) is 25.2 Å². The van der Waals surface area contributed by atoms with E-state index in [-0.39, 0.29) is 24.8 Å². The van der Waals surface area contributed by atoms with Gasteiger partial charge in [0.2, 0.25) is 0 Å². The van der Waals surface area contributed by atoms with E-state index in [4.69, 9.17) is 29.0 Å². The average Bonchev–Trinajstić information content (AvgIpc) is 3.61. The molecule has 1 aliphatic rings. The molecule has 2 rings (SSSR count). The Morgan fingerprint density at radius 1 is 0.732 bits per heavy atom. The number of ether oxygens (including phenoxy) is 3. The minimum absolute atomic E-state index is 0.0477. The molecule has 8 atom stereocenters. The molecule has 1 fully saturated rings. The monoisotopic (exact) mass is 1040 g/mol. The molecule has 0 aromatic carbocycles. The van der Waals surface area contributed by atoms with Crippen molar-refractivity contribution >= 4 is 33.4 Å². The molecule has 19 nitrogen and oxygen atoms in total. The fraction of sp³-hybridized carbons (Fsp3) is 0.600. The zero-order chi connectivity index (χ0) is 52.2. The van der Waals surface area contributed by atoms with E-state index in [1.165, 1.54) is 6.07 Å². The molecule has 7 N–H and O–H groups in total. The van der Waals surface area contributed by atoms with Crippen molar-refractivity contribution in [3.05, 3.63) is 108 Å². The average molecular weight is 1040 g/mol. The van der Waals surface area contributed by atoms with Crippen LogP contribution in [0.3, 0.4) is 0 Å². The highest BCUT2D eigenvalue weighted by Crippen LogP contribution is 2.60. The van der Waals surface area contributed by atoms with Crippen molar-refractivity contribution in [2.24, 2.45) is 0 Å². The first-order valence-corrected chi connectivity index (χ1v) is 27.7. The van der Waals surface area contributed by atoms with Gasteiger partial charge in [0, 0.05) is 19.0 Å². The standard InChI is InChI=1S/C50H79N3O16P2/c1-3-5-6-7-8-9-10-11-12-16-19-22-25-28-31-34-45(55)64-38-42(67-46(56)35-32-29-26-23-20-17-14-13-15-18-21-24-27-30-33-41(54)4-2)39-65-70(60,61)69-71(62,63)66-40-43-47(57)48(58)49(68-43)53-37-36-44(51)52-50(53)59/h5-6,8-9,11-12,14-15,17-18,23-24,26-27,36-37,41-43,47-49,54,57-58H,3-4,7,10,13,16,19-22,25,28-35,38-40H2,1-2H3,(H,60,61)(H,62,63)(H2,51,52,59)/b6-5-,9-8-,12-11-,17-14-,18-15-,26-23-,27-24-/t41-,42-,43-,47-,48-,49-/m1/s1. The molecule has 0 amide bonds. The van der Waals surface area contributed by atoms with Gasteiger partial charge in [0.05, 0.1) is 19.3 Å². The van der Waals surface area contributed by atoms with E-state index >= 15 is 0 Å². The van der Waals surface area contributed by atoms with Crippen molar-refractivity contribution < 1.29 is 71.4 Å². The second-order valence-corrected chi connectivity index (χ2v) is 19.8. The number of rotatable bonds is 39. The number of aliphatic hydroxyl groups is 3. The molecule has 0 bridgehead atoms. The molecule has 71 heavy (non-hydrogen) atoms. The number of nitrogens with two attached hydrogens (primary N) is 1. The van der Waals surface area contributed by atoms with E-state index in [9.17, 15) is 48.6 Å². The van der Waals surface area contributed by atoms with Gasteiger partial charge in [-0.3, -0.25) is 23.2 Å². The van der Waals surface area contributed by atoms with Crippen LogP contribution < -0.4 is 11.4 Å². The number of nitrogens with zero attached hydrogens (tertiary/aromatic N) is 2. The van der Waals surface area contributed by atoms with Gasteiger partial charge in [-0.2, -0.15) is 9.29 Å². The molecule has 1 aromatic heterocycles. The highest BCUT2D eigenvalue weighted by Gasteiger charge is 2.46. The van der Waals surface area contributed by atoms with Crippen molar-refractivity contribution in [2.75, 3.05) is 25.6 Å². The molecule has 0 radical (unpaired) electrons. The molecule has 1 aromatic rings. The van der Waals surface area contributed by atoms with Crippen LogP contribution in [0.4, 0.5) is 5.82 Å². The summed E-state index contributed by atoms with van der Waals surface area (Å²) in [5, 5.41) is 30.5. The van der Waals surface area contributed by atoms with E-state index in [2.05, 4.69) is 83.1 Å². The molecular formula is C50H79N3O16P2. The molecule has 0 saturated carbocycles. The summed E-state index contributed by atoms with van der Waals surface area (Å²) in [4.78, 5) is 61.8. The first kappa shape index (κ1) is 63.0. The number of nitrogen functional groups attached to an aromatic ring is 1. The van der Waals surface area contributed by atoms with Gasteiger partial charge in [-0.05, 0) is 96.0 Å². The number of anilines is 1. The molecule has 400 valence electrons. The number of hydrogen-bond donors (Lipinski definition) is 6. The third-order valence-corrected chi connectivity index (χ3v) is 13.2. The minimum Gasteiger partial charge on any atom is -0.462 e. The maximum Gasteiger partial charge on any atom is 0.481 e.